The van der Waals surface area contributed by atoms with E-state index >= 15 is 0 Å². The van der Waals surface area contributed by atoms with E-state index in [0.717, 1.165) is 18.1 Å². The number of anilines is 2. The van der Waals surface area contributed by atoms with Crippen LogP contribution in [0.3, 0.4) is 0 Å². The van der Waals surface area contributed by atoms with Crippen molar-refractivity contribution in [3.8, 4) is 0 Å². The molecule has 0 radical (unpaired) electrons. The Hall–Kier alpha value is -1.36. The third kappa shape index (κ3) is 4.87. The van der Waals surface area contributed by atoms with E-state index in [-0.39, 0.29) is 0 Å². The standard InChI is InChI=1S/C13H25N5/c1-4-6-8-11(7-5-2)17-12-9-13(18-14)16-10(3)15-12/h9,11H,4-8,14H2,1-3H3,(H2,15,16,17,18). The first-order valence-corrected chi connectivity index (χ1v) is 6.78. The molecule has 1 aromatic heterocycles. The Bertz CT molecular complexity index is 353. The van der Waals surface area contributed by atoms with Crippen LogP contribution in [0.2, 0.25) is 0 Å². The quantitative estimate of drug-likeness (QED) is 0.489. The van der Waals surface area contributed by atoms with Crippen molar-refractivity contribution in [2.45, 2.75) is 58.9 Å². The monoisotopic (exact) mass is 251 g/mol. The Morgan fingerprint density at radius 2 is 1.89 bits per heavy atom. The number of hydrazine groups is 1. The van der Waals surface area contributed by atoms with E-state index < -0.39 is 0 Å². The Balaban J connectivity index is 2.69. The lowest BCUT2D eigenvalue weighted by Crippen LogP contribution is -2.21. The zero-order valence-electron chi connectivity index (χ0n) is 11.7. The highest BCUT2D eigenvalue weighted by atomic mass is 15.3. The van der Waals surface area contributed by atoms with Gasteiger partial charge in [-0.05, 0) is 19.8 Å². The highest BCUT2D eigenvalue weighted by Crippen LogP contribution is 2.16. The van der Waals surface area contributed by atoms with Gasteiger partial charge in [-0.25, -0.2) is 15.8 Å². The van der Waals surface area contributed by atoms with Crippen molar-refractivity contribution in [3.63, 3.8) is 0 Å². The molecule has 0 saturated carbocycles. The van der Waals surface area contributed by atoms with Gasteiger partial charge < -0.3 is 10.7 Å². The van der Waals surface area contributed by atoms with Gasteiger partial charge in [0.1, 0.15) is 17.5 Å². The fourth-order valence-corrected chi connectivity index (χ4v) is 2.01. The van der Waals surface area contributed by atoms with Gasteiger partial charge in [-0.1, -0.05) is 33.1 Å². The molecule has 1 rings (SSSR count). The molecule has 0 spiro atoms. The van der Waals surface area contributed by atoms with E-state index in [0.29, 0.717) is 11.9 Å². The van der Waals surface area contributed by atoms with Crippen molar-refractivity contribution in [2.75, 3.05) is 10.7 Å². The molecule has 0 aromatic carbocycles. The topological polar surface area (TPSA) is 75.9 Å². The molecule has 1 atom stereocenters. The van der Waals surface area contributed by atoms with Gasteiger partial charge in [0, 0.05) is 12.1 Å². The summed E-state index contributed by atoms with van der Waals surface area (Å²) in [5, 5.41) is 3.48. The van der Waals surface area contributed by atoms with Gasteiger partial charge in [0.15, 0.2) is 0 Å². The molecule has 0 saturated heterocycles. The highest BCUT2D eigenvalue weighted by molar-refractivity contribution is 5.47. The van der Waals surface area contributed by atoms with E-state index in [1.54, 1.807) is 0 Å². The highest BCUT2D eigenvalue weighted by Gasteiger charge is 2.09. The average Bonchev–Trinajstić information content (AvgIpc) is 2.35. The molecule has 4 N–H and O–H groups in total. The molecular formula is C13H25N5. The predicted molar refractivity (Wildman–Crippen MR) is 76.4 cm³/mol. The Morgan fingerprint density at radius 3 is 2.50 bits per heavy atom. The Labute approximate surface area is 110 Å². The summed E-state index contributed by atoms with van der Waals surface area (Å²) in [6.07, 6.45) is 5.98. The normalized spacial score (nSPS) is 12.2. The first kappa shape index (κ1) is 14.7. The second-order valence-corrected chi connectivity index (χ2v) is 4.60. The minimum absolute atomic E-state index is 0.481. The van der Waals surface area contributed by atoms with Crippen molar-refractivity contribution in [1.29, 1.82) is 0 Å². The third-order valence-electron chi connectivity index (χ3n) is 2.88. The number of hydrogen-bond donors (Lipinski definition) is 3. The summed E-state index contributed by atoms with van der Waals surface area (Å²) >= 11 is 0. The van der Waals surface area contributed by atoms with Crippen molar-refractivity contribution in [3.05, 3.63) is 11.9 Å². The number of unbranched alkanes of at least 4 members (excludes halogenated alkanes) is 1. The van der Waals surface area contributed by atoms with E-state index in [1.807, 2.05) is 13.0 Å². The van der Waals surface area contributed by atoms with E-state index in [2.05, 4.69) is 34.6 Å². The van der Waals surface area contributed by atoms with Gasteiger partial charge in [-0.3, -0.25) is 0 Å². The van der Waals surface area contributed by atoms with Gasteiger partial charge in [0.05, 0.1) is 0 Å². The number of hydrogen-bond acceptors (Lipinski definition) is 5. The second kappa shape index (κ2) is 7.87. The largest absolute Gasteiger partial charge is 0.367 e. The van der Waals surface area contributed by atoms with E-state index in [1.165, 1.54) is 25.7 Å². The molecule has 0 aliphatic rings. The van der Waals surface area contributed by atoms with Crippen LogP contribution in [0.15, 0.2) is 6.07 Å². The Morgan fingerprint density at radius 1 is 1.17 bits per heavy atom. The number of aromatic nitrogens is 2. The number of nitrogens with zero attached hydrogens (tertiary/aromatic N) is 2. The Kier molecular flexibility index (Phi) is 6.43. The van der Waals surface area contributed by atoms with Crippen LogP contribution in [-0.4, -0.2) is 16.0 Å². The zero-order chi connectivity index (χ0) is 13.4. The molecule has 0 bridgehead atoms. The van der Waals surface area contributed by atoms with Gasteiger partial charge in [0.2, 0.25) is 0 Å². The van der Waals surface area contributed by atoms with E-state index in [9.17, 15) is 0 Å². The molecule has 0 aliphatic heterocycles. The van der Waals surface area contributed by atoms with Crippen molar-refractivity contribution >= 4 is 11.6 Å². The van der Waals surface area contributed by atoms with Crippen molar-refractivity contribution in [1.82, 2.24) is 9.97 Å². The fourth-order valence-electron chi connectivity index (χ4n) is 2.01. The second-order valence-electron chi connectivity index (χ2n) is 4.60. The molecule has 1 unspecified atom stereocenters. The fraction of sp³-hybridized carbons (Fsp3) is 0.692. The lowest BCUT2D eigenvalue weighted by molar-refractivity contribution is 0.562. The SMILES string of the molecule is CCCCC(CCC)Nc1cc(NN)nc(C)n1. The smallest absolute Gasteiger partial charge is 0.145 e. The summed E-state index contributed by atoms with van der Waals surface area (Å²) in [6, 6.07) is 2.33. The number of nitrogens with one attached hydrogen (secondary N) is 2. The molecule has 102 valence electrons. The lowest BCUT2D eigenvalue weighted by Gasteiger charge is -2.19. The number of aryl methyl sites for hydroxylation is 1. The van der Waals surface area contributed by atoms with Gasteiger partial charge >= 0.3 is 0 Å². The van der Waals surface area contributed by atoms with Crippen LogP contribution in [0.25, 0.3) is 0 Å². The van der Waals surface area contributed by atoms with Crippen molar-refractivity contribution in [2.24, 2.45) is 5.84 Å². The molecule has 0 fully saturated rings. The van der Waals surface area contributed by atoms with Gasteiger partial charge in [-0.2, -0.15) is 0 Å². The molecule has 5 nitrogen and oxygen atoms in total. The van der Waals surface area contributed by atoms with Gasteiger partial charge in [0.25, 0.3) is 0 Å². The summed E-state index contributed by atoms with van der Waals surface area (Å²) in [5.41, 5.74) is 2.57. The van der Waals surface area contributed by atoms with Crippen LogP contribution in [-0.2, 0) is 0 Å². The summed E-state index contributed by atoms with van der Waals surface area (Å²) in [4.78, 5) is 8.57. The minimum Gasteiger partial charge on any atom is -0.367 e. The first-order chi connectivity index (χ1) is 8.69. The zero-order valence-corrected chi connectivity index (χ0v) is 11.7. The van der Waals surface area contributed by atoms with Crippen LogP contribution in [0.5, 0.6) is 0 Å². The maximum absolute atomic E-state index is 5.39. The number of nitrogen functional groups attached to an aromatic ring is 1. The average molecular weight is 251 g/mol. The molecular weight excluding hydrogens is 226 g/mol. The molecule has 1 heterocycles. The third-order valence-corrected chi connectivity index (χ3v) is 2.88. The molecule has 18 heavy (non-hydrogen) atoms. The maximum Gasteiger partial charge on any atom is 0.145 e. The molecule has 0 aliphatic carbocycles. The lowest BCUT2D eigenvalue weighted by atomic mass is 10.1. The van der Waals surface area contributed by atoms with E-state index in [4.69, 9.17) is 5.84 Å². The van der Waals surface area contributed by atoms with Crippen LogP contribution in [0.4, 0.5) is 11.6 Å². The maximum atomic E-state index is 5.39. The molecule has 0 amide bonds. The van der Waals surface area contributed by atoms with Crippen molar-refractivity contribution < 1.29 is 0 Å². The summed E-state index contributed by atoms with van der Waals surface area (Å²) < 4.78 is 0. The minimum atomic E-state index is 0.481. The number of rotatable bonds is 8. The summed E-state index contributed by atoms with van der Waals surface area (Å²) in [5.74, 6) is 7.61. The van der Waals surface area contributed by atoms with Crippen LogP contribution >= 0.6 is 0 Å². The van der Waals surface area contributed by atoms with Crippen LogP contribution in [0.1, 0.15) is 51.8 Å². The predicted octanol–water partition coefficient (Wildman–Crippen LogP) is 2.84. The molecule has 1 aromatic rings. The van der Waals surface area contributed by atoms with Crippen LogP contribution < -0.4 is 16.6 Å². The molecule has 5 heteroatoms. The number of nitrogens with two attached hydrogens (primary N) is 1. The summed E-state index contributed by atoms with van der Waals surface area (Å²) in [7, 11) is 0. The van der Waals surface area contributed by atoms with Crippen LogP contribution in [0, 0.1) is 6.92 Å². The first-order valence-electron chi connectivity index (χ1n) is 6.78. The summed E-state index contributed by atoms with van der Waals surface area (Å²) in [6.45, 7) is 6.29. The van der Waals surface area contributed by atoms with Gasteiger partial charge in [-0.15, -0.1) is 0 Å².